The molecule has 140 valence electrons. The second-order valence-corrected chi connectivity index (χ2v) is 6.74. The van der Waals surface area contributed by atoms with Crippen LogP contribution in [0.5, 0.6) is 0 Å². The molecule has 6 nitrogen and oxygen atoms in total. The molecule has 0 spiro atoms. The zero-order valence-electron chi connectivity index (χ0n) is 16.0. The Hall–Kier alpha value is -2.55. The van der Waals surface area contributed by atoms with Crippen molar-refractivity contribution in [1.29, 1.82) is 5.26 Å². The van der Waals surface area contributed by atoms with Crippen LogP contribution in [-0.4, -0.2) is 41.5 Å². The van der Waals surface area contributed by atoms with E-state index in [-0.39, 0.29) is 23.4 Å². The smallest absolute Gasteiger partial charge is 0.308 e. The zero-order chi connectivity index (χ0) is 19.3. The highest BCUT2D eigenvalue weighted by atomic mass is 16.5. The molecule has 0 unspecified atom stereocenters. The number of ether oxygens (including phenoxy) is 1. The van der Waals surface area contributed by atoms with E-state index in [1.807, 2.05) is 26.0 Å². The number of hydrogen-bond donors (Lipinski definition) is 0. The molecule has 0 N–H and O–H groups in total. The number of esters is 1. The zero-order valence-corrected chi connectivity index (χ0v) is 16.0. The molecule has 0 bridgehead atoms. The molecule has 0 saturated carbocycles. The van der Waals surface area contributed by atoms with Crippen molar-refractivity contribution in [3.63, 3.8) is 0 Å². The molecule has 0 atom stereocenters. The van der Waals surface area contributed by atoms with Crippen LogP contribution in [0.3, 0.4) is 0 Å². The summed E-state index contributed by atoms with van der Waals surface area (Å²) in [4.78, 5) is 26.0. The van der Waals surface area contributed by atoms with Gasteiger partial charge in [0.15, 0.2) is 0 Å². The van der Waals surface area contributed by atoms with Crippen LogP contribution in [0.15, 0.2) is 11.6 Å². The van der Waals surface area contributed by atoms with E-state index in [2.05, 4.69) is 11.5 Å². The summed E-state index contributed by atoms with van der Waals surface area (Å²) in [5.41, 5.74) is 3.23. The third-order valence-corrected chi connectivity index (χ3v) is 5.03. The highest BCUT2D eigenvalue weighted by Gasteiger charge is 2.29. The number of nitriles is 1. The lowest BCUT2D eigenvalue weighted by atomic mass is 9.96. The Morgan fingerprint density at radius 1 is 1.35 bits per heavy atom. The number of methoxy groups -OCH3 is 1. The average molecular weight is 357 g/mol. The summed E-state index contributed by atoms with van der Waals surface area (Å²) in [5.74, 6) is -0.654. The van der Waals surface area contributed by atoms with Gasteiger partial charge >= 0.3 is 5.97 Å². The third-order valence-electron chi connectivity index (χ3n) is 5.03. The number of nitrogens with zero attached hydrogens (tertiary/aromatic N) is 3. The van der Waals surface area contributed by atoms with Crippen molar-refractivity contribution in [2.75, 3.05) is 20.2 Å². The van der Waals surface area contributed by atoms with Gasteiger partial charge in [0.05, 0.1) is 13.0 Å². The minimum Gasteiger partial charge on any atom is -0.469 e. The molecular weight excluding hydrogens is 330 g/mol. The van der Waals surface area contributed by atoms with Crippen LogP contribution in [-0.2, 0) is 20.9 Å². The van der Waals surface area contributed by atoms with Gasteiger partial charge in [0.25, 0.3) is 5.91 Å². The summed E-state index contributed by atoms with van der Waals surface area (Å²) < 4.78 is 6.97. The summed E-state index contributed by atoms with van der Waals surface area (Å²) in [6, 6.07) is 4.06. The average Bonchev–Trinajstić information content (AvgIpc) is 2.92. The molecule has 1 aliphatic rings. The van der Waals surface area contributed by atoms with Crippen molar-refractivity contribution in [3.8, 4) is 6.07 Å². The van der Waals surface area contributed by atoms with Crippen molar-refractivity contribution in [2.24, 2.45) is 5.92 Å². The first-order valence-corrected chi connectivity index (χ1v) is 9.08. The maximum Gasteiger partial charge on any atom is 0.308 e. The normalized spacial score (nSPS) is 15.7. The second kappa shape index (κ2) is 8.70. The standard InChI is InChI=1S/C20H27N3O3/c1-5-8-23-14(2)11-17(15(23)3)12-18(13-21)19(24)22-9-6-16(7-10-22)20(25)26-4/h11-12,16H,5-10H2,1-4H3/b18-12+. The third kappa shape index (κ3) is 4.16. The van der Waals surface area contributed by atoms with Crippen LogP contribution >= 0.6 is 0 Å². The van der Waals surface area contributed by atoms with Gasteiger partial charge in [-0.15, -0.1) is 0 Å². The fourth-order valence-corrected chi connectivity index (χ4v) is 3.49. The molecule has 1 aromatic heterocycles. The molecule has 0 aliphatic carbocycles. The molecule has 1 amide bonds. The number of aryl methyl sites for hydroxylation is 1. The van der Waals surface area contributed by atoms with Crippen LogP contribution in [0.4, 0.5) is 0 Å². The Kier molecular flexibility index (Phi) is 6.62. The second-order valence-electron chi connectivity index (χ2n) is 6.74. The monoisotopic (exact) mass is 357 g/mol. The van der Waals surface area contributed by atoms with E-state index in [1.165, 1.54) is 7.11 Å². The van der Waals surface area contributed by atoms with Crippen molar-refractivity contribution in [2.45, 2.75) is 46.6 Å². The highest BCUT2D eigenvalue weighted by Crippen LogP contribution is 2.22. The first kappa shape index (κ1) is 19.8. The van der Waals surface area contributed by atoms with Crippen molar-refractivity contribution in [1.82, 2.24) is 9.47 Å². The van der Waals surface area contributed by atoms with Gasteiger partial charge < -0.3 is 14.2 Å². The highest BCUT2D eigenvalue weighted by molar-refractivity contribution is 6.02. The van der Waals surface area contributed by atoms with E-state index in [1.54, 1.807) is 11.0 Å². The maximum atomic E-state index is 12.7. The number of carbonyl (C=O) groups excluding carboxylic acids is 2. The lowest BCUT2D eigenvalue weighted by Gasteiger charge is -2.30. The lowest BCUT2D eigenvalue weighted by molar-refractivity contribution is -0.148. The first-order chi connectivity index (χ1) is 12.4. The number of piperidine rings is 1. The summed E-state index contributed by atoms with van der Waals surface area (Å²) in [7, 11) is 1.38. The first-order valence-electron chi connectivity index (χ1n) is 9.08. The number of likely N-dealkylation sites (tertiary alicyclic amines) is 1. The molecule has 1 aromatic rings. The molecule has 1 fully saturated rings. The van der Waals surface area contributed by atoms with Gasteiger partial charge in [-0.1, -0.05) is 6.92 Å². The number of rotatable bonds is 5. The maximum absolute atomic E-state index is 12.7. The largest absolute Gasteiger partial charge is 0.469 e. The summed E-state index contributed by atoms with van der Waals surface area (Å²) in [5, 5.41) is 9.49. The number of hydrogen-bond acceptors (Lipinski definition) is 4. The fraction of sp³-hybridized carbons (Fsp3) is 0.550. The Bertz CT molecular complexity index is 747. The Morgan fingerprint density at radius 3 is 2.54 bits per heavy atom. The SMILES string of the molecule is CCCn1c(C)cc(/C=C(\C#N)C(=O)N2CCC(C(=O)OC)CC2)c1C. The van der Waals surface area contributed by atoms with Gasteiger partial charge in [-0.25, -0.2) is 0 Å². The van der Waals surface area contributed by atoms with E-state index < -0.39 is 0 Å². The Labute approximate surface area is 155 Å². The molecule has 1 saturated heterocycles. The Morgan fingerprint density at radius 2 is 2.00 bits per heavy atom. The minimum atomic E-state index is -0.267. The molecule has 1 aliphatic heterocycles. The van der Waals surface area contributed by atoms with Crippen LogP contribution in [0.2, 0.25) is 0 Å². The Balaban J connectivity index is 2.15. The van der Waals surface area contributed by atoms with Gasteiger partial charge in [0.1, 0.15) is 11.6 Å². The quantitative estimate of drug-likeness (QED) is 0.461. The predicted molar refractivity (Wildman–Crippen MR) is 99.1 cm³/mol. The topological polar surface area (TPSA) is 75.3 Å². The molecular formula is C20H27N3O3. The number of carbonyl (C=O) groups is 2. The van der Waals surface area contributed by atoms with Gasteiger partial charge in [-0.3, -0.25) is 9.59 Å². The molecule has 0 aromatic carbocycles. The van der Waals surface area contributed by atoms with Crippen LogP contribution in [0.1, 0.15) is 43.1 Å². The molecule has 2 heterocycles. The van der Waals surface area contributed by atoms with E-state index in [0.717, 1.165) is 29.9 Å². The van der Waals surface area contributed by atoms with Gasteiger partial charge in [0, 0.05) is 31.0 Å². The van der Waals surface area contributed by atoms with Gasteiger partial charge in [0.2, 0.25) is 0 Å². The van der Waals surface area contributed by atoms with E-state index in [0.29, 0.717) is 25.9 Å². The fourth-order valence-electron chi connectivity index (χ4n) is 3.49. The van der Waals surface area contributed by atoms with Crippen molar-refractivity contribution in [3.05, 3.63) is 28.6 Å². The van der Waals surface area contributed by atoms with E-state index in [4.69, 9.17) is 4.74 Å². The van der Waals surface area contributed by atoms with Gasteiger partial charge in [-0.05, 0) is 50.8 Å². The van der Waals surface area contributed by atoms with E-state index in [9.17, 15) is 14.9 Å². The van der Waals surface area contributed by atoms with E-state index >= 15 is 0 Å². The minimum absolute atomic E-state index is 0.137. The number of aromatic nitrogens is 1. The van der Waals surface area contributed by atoms with Crippen molar-refractivity contribution < 1.29 is 14.3 Å². The van der Waals surface area contributed by atoms with Gasteiger partial charge in [-0.2, -0.15) is 5.26 Å². The number of amides is 1. The summed E-state index contributed by atoms with van der Waals surface area (Å²) >= 11 is 0. The van der Waals surface area contributed by atoms with Crippen LogP contribution in [0.25, 0.3) is 6.08 Å². The summed E-state index contributed by atoms with van der Waals surface area (Å²) in [6.45, 7) is 8.01. The van der Waals surface area contributed by atoms with Crippen LogP contribution in [0, 0.1) is 31.1 Å². The molecule has 0 radical (unpaired) electrons. The van der Waals surface area contributed by atoms with Crippen LogP contribution < -0.4 is 0 Å². The lowest BCUT2D eigenvalue weighted by Crippen LogP contribution is -2.41. The predicted octanol–water partition coefficient (Wildman–Crippen LogP) is 2.83. The molecule has 6 heteroatoms. The summed E-state index contributed by atoms with van der Waals surface area (Å²) in [6.07, 6.45) is 3.85. The molecule has 26 heavy (non-hydrogen) atoms. The molecule has 2 rings (SSSR count). The van der Waals surface area contributed by atoms with Crippen molar-refractivity contribution >= 4 is 18.0 Å².